The molecular formula is C34H37F3N2O8. The molecule has 0 bridgehead atoms. The minimum atomic E-state index is -4.81. The number of pyridine rings is 1. The molecule has 1 fully saturated rings. The monoisotopic (exact) mass is 658 g/mol. The summed E-state index contributed by atoms with van der Waals surface area (Å²) in [5.41, 5.74) is 1.64. The van der Waals surface area contributed by atoms with Crippen LogP contribution in [0.3, 0.4) is 0 Å². The van der Waals surface area contributed by atoms with Crippen molar-refractivity contribution in [1.29, 1.82) is 0 Å². The van der Waals surface area contributed by atoms with Crippen molar-refractivity contribution >= 4 is 17.8 Å². The number of halogens is 3. The Kier molecular flexibility index (Phi) is 12.2. The summed E-state index contributed by atoms with van der Waals surface area (Å²) in [6, 6.07) is 15.8. The highest BCUT2D eigenvalue weighted by Gasteiger charge is 2.36. The van der Waals surface area contributed by atoms with Crippen molar-refractivity contribution in [2.45, 2.75) is 58.0 Å². The molecule has 0 unspecified atom stereocenters. The average molecular weight is 659 g/mol. The number of hydrogen-bond donors (Lipinski definition) is 1. The molecule has 13 heteroatoms. The standard InChI is InChI=1S/C34H37F3N2O8/c1-21-27(18-24-12-14-26(15-13-24)47-34(35,36)37)25(11-7-10-23-8-5-4-6-9-23)19-44-20-28(33(42)45-21)39-32(41)30-31(46-22(2)40)29(43-3)16-17-38-30/h4-6,8-9,12-17,21,25,27-28H,7,10-11,18-20H2,1-3H3,(H,39,41)/t21-,25-,27-,28-/m0/s1. The molecule has 47 heavy (non-hydrogen) atoms. The van der Waals surface area contributed by atoms with E-state index in [2.05, 4.69) is 15.0 Å². The van der Waals surface area contributed by atoms with Gasteiger partial charge in [-0.3, -0.25) is 9.59 Å². The molecule has 1 aliphatic heterocycles. The quantitative estimate of drug-likeness (QED) is 0.267. The summed E-state index contributed by atoms with van der Waals surface area (Å²) in [7, 11) is 1.34. The first-order chi connectivity index (χ1) is 22.4. The van der Waals surface area contributed by atoms with Gasteiger partial charge in [-0.25, -0.2) is 9.78 Å². The second-order valence-corrected chi connectivity index (χ2v) is 11.2. The number of cyclic esters (lactones) is 1. The highest BCUT2D eigenvalue weighted by atomic mass is 19.4. The molecule has 1 aliphatic rings. The van der Waals surface area contributed by atoms with Gasteiger partial charge in [0.15, 0.2) is 17.5 Å². The van der Waals surface area contributed by atoms with Gasteiger partial charge in [0.05, 0.1) is 13.7 Å². The molecule has 2 aromatic carbocycles. The molecule has 1 aromatic heterocycles. The van der Waals surface area contributed by atoms with Gasteiger partial charge in [-0.05, 0) is 61.8 Å². The summed E-state index contributed by atoms with van der Waals surface area (Å²) in [5, 5.41) is 2.58. The Morgan fingerprint density at radius 3 is 2.40 bits per heavy atom. The second kappa shape index (κ2) is 16.3. The number of hydrogen-bond acceptors (Lipinski definition) is 9. The van der Waals surface area contributed by atoms with Crippen LogP contribution in [-0.2, 0) is 31.9 Å². The number of ether oxygens (including phenoxy) is 5. The Labute approximate surface area is 270 Å². The third kappa shape index (κ3) is 10.4. The van der Waals surface area contributed by atoms with Crippen molar-refractivity contribution in [3.8, 4) is 17.2 Å². The van der Waals surface area contributed by atoms with Gasteiger partial charge < -0.3 is 29.0 Å². The lowest BCUT2D eigenvalue weighted by molar-refractivity contribution is -0.274. The number of methoxy groups -OCH3 is 1. The van der Waals surface area contributed by atoms with Gasteiger partial charge in [-0.2, -0.15) is 0 Å². The summed E-state index contributed by atoms with van der Waals surface area (Å²) in [4.78, 5) is 42.4. The Morgan fingerprint density at radius 2 is 1.74 bits per heavy atom. The van der Waals surface area contributed by atoms with Crippen molar-refractivity contribution in [2.24, 2.45) is 11.8 Å². The first-order valence-electron chi connectivity index (χ1n) is 15.1. The van der Waals surface area contributed by atoms with Gasteiger partial charge in [0.25, 0.3) is 5.91 Å². The largest absolute Gasteiger partial charge is 0.573 e. The Balaban J connectivity index is 1.53. The fourth-order valence-electron chi connectivity index (χ4n) is 5.53. The van der Waals surface area contributed by atoms with Gasteiger partial charge >= 0.3 is 18.3 Å². The van der Waals surface area contributed by atoms with Crippen molar-refractivity contribution < 1.29 is 51.2 Å². The molecule has 2 heterocycles. The van der Waals surface area contributed by atoms with E-state index in [1.807, 2.05) is 30.3 Å². The third-order valence-electron chi connectivity index (χ3n) is 7.78. The number of amides is 1. The molecule has 10 nitrogen and oxygen atoms in total. The van der Waals surface area contributed by atoms with Crippen molar-refractivity contribution in [1.82, 2.24) is 10.3 Å². The van der Waals surface area contributed by atoms with Crippen molar-refractivity contribution in [3.05, 3.63) is 83.7 Å². The van der Waals surface area contributed by atoms with E-state index in [9.17, 15) is 27.6 Å². The average Bonchev–Trinajstić information content (AvgIpc) is 3.07. The number of alkyl halides is 3. The van der Waals surface area contributed by atoms with Crippen LogP contribution < -0.4 is 19.5 Å². The lowest BCUT2D eigenvalue weighted by Crippen LogP contribution is -2.46. The zero-order valence-corrected chi connectivity index (χ0v) is 26.2. The highest BCUT2D eigenvalue weighted by Crippen LogP contribution is 2.32. The predicted octanol–water partition coefficient (Wildman–Crippen LogP) is 5.47. The van der Waals surface area contributed by atoms with E-state index in [4.69, 9.17) is 18.9 Å². The molecule has 1 amide bonds. The normalized spacial score (nSPS) is 20.2. The van der Waals surface area contributed by atoms with Gasteiger partial charge in [-0.1, -0.05) is 42.5 Å². The van der Waals surface area contributed by atoms with Crippen LogP contribution in [-0.4, -0.2) is 61.7 Å². The maximum absolute atomic E-state index is 13.4. The number of aromatic nitrogens is 1. The topological polar surface area (TPSA) is 122 Å². The van der Waals surface area contributed by atoms with Gasteiger partial charge in [0.2, 0.25) is 5.75 Å². The summed E-state index contributed by atoms with van der Waals surface area (Å²) in [6.45, 7) is 2.95. The SMILES string of the molecule is COc1ccnc(C(=O)N[C@H]2COC[C@H](CCCc3ccccc3)[C@@H](Cc3ccc(OC(F)(F)F)cc3)[C@H](C)OC2=O)c1OC(C)=O. The van der Waals surface area contributed by atoms with E-state index in [0.717, 1.165) is 25.3 Å². The number of aryl methyl sites for hydroxylation is 1. The van der Waals surface area contributed by atoms with Gasteiger partial charge in [0, 0.05) is 31.7 Å². The molecule has 0 aliphatic carbocycles. The number of carbonyl (C=O) groups is 3. The molecular weight excluding hydrogens is 621 g/mol. The maximum atomic E-state index is 13.4. The number of rotatable bonds is 11. The van der Waals surface area contributed by atoms with E-state index < -0.39 is 36.4 Å². The smallest absolute Gasteiger partial charge is 0.493 e. The van der Waals surface area contributed by atoms with Crippen LogP contribution >= 0.6 is 0 Å². The molecule has 0 radical (unpaired) electrons. The molecule has 1 saturated heterocycles. The Morgan fingerprint density at radius 1 is 1.02 bits per heavy atom. The first-order valence-corrected chi connectivity index (χ1v) is 15.1. The lowest BCUT2D eigenvalue weighted by atomic mass is 9.80. The van der Waals surface area contributed by atoms with Gasteiger partial charge in [0.1, 0.15) is 11.9 Å². The maximum Gasteiger partial charge on any atom is 0.573 e. The molecule has 252 valence electrons. The summed E-state index contributed by atoms with van der Waals surface area (Å²) in [6.07, 6.45) is -1.42. The Hall–Kier alpha value is -4.65. The van der Waals surface area contributed by atoms with Crippen LogP contribution in [0.5, 0.6) is 17.2 Å². The number of carbonyl (C=O) groups excluding carboxylic acids is 3. The van der Waals surface area contributed by atoms with Crippen molar-refractivity contribution in [3.63, 3.8) is 0 Å². The summed E-state index contributed by atoms with van der Waals surface area (Å²) in [5.74, 6) is -3.05. The zero-order valence-electron chi connectivity index (χ0n) is 26.2. The van der Waals surface area contributed by atoms with E-state index in [-0.39, 0.29) is 48.0 Å². The molecule has 1 N–H and O–H groups in total. The molecule has 3 aromatic rings. The van der Waals surface area contributed by atoms with E-state index in [1.165, 1.54) is 37.1 Å². The van der Waals surface area contributed by atoms with Crippen LogP contribution in [0.2, 0.25) is 0 Å². The molecule has 4 rings (SSSR count). The fraction of sp³-hybridized carbons (Fsp3) is 0.412. The van der Waals surface area contributed by atoms with Crippen LogP contribution in [0.4, 0.5) is 13.2 Å². The van der Waals surface area contributed by atoms with E-state index >= 15 is 0 Å². The van der Waals surface area contributed by atoms with E-state index in [1.54, 1.807) is 19.1 Å². The number of nitrogens with zero attached hydrogens (tertiary/aromatic N) is 1. The molecule has 4 atom stereocenters. The lowest BCUT2D eigenvalue weighted by Gasteiger charge is -2.31. The second-order valence-electron chi connectivity index (χ2n) is 11.2. The number of nitrogens with one attached hydrogen (secondary N) is 1. The molecule has 0 saturated carbocycles. The van der Waals surface area contributed by atoms with Crippen molar-refractivity contribution in [2.75, 3.05) is 20.3 Å². The van der Waals surface area contributed by atoms with Crippen LogP contribution in [0.1, 0.15) is 48.3 Å². The minimum Gasteiger partial charge on any atom is -0.493 e. The molecule has 0 spiro atoms. The third-order valence-corrected chi connectivity index (χ3v) is 7.78. The fourth-order valence-corrected chi connectivity index (χ4v) is 5.53. The number of esters is 2. The minimum absolute atomic E-state index is 0.0986. The van der Waals surface area contributed by atoms with Crippen LogP contribution in [0.25, 0.3) is 0 Å². The van der Waals surface area contributed by atoms with Crippen LogP contribution in [0, 0.1) is 11.8 Å². The Bertz CT molecular complexity index is 1500. The van der Waals surface area contributed by atoms with Gasteiger partial charge in [-0.15, -0.1) is 13.2 Å². The summed E-state index contributed by atoms with van der Waals surface area (Å²) < 4.78 is 64.4. The predicted molar refractivity (Wildman–Crippen MR) is 163 cm³/mol. The highest BCUT2D eigenvalue weighted by molar-refractivity contribution is 5.98. The number of benzene rings is 2. The summed E-state index contributed by atoms with van der Waals surface area (Å²) >= 11 is 0. The first kappa shape index (κ1) is 35.2. The van der Waals surface area contributed by atoms with E-state index in [0.29, 0.717) is 12.8 Å². The zero-order chi connectivity index (χ0) is 34.0. The van der Waals surface area contributed by atoms with Crippen LogP contribution in [0.15, 0.2) is 66.9 Å².